The fraction of sp³-hybridized carbons (Fsp3) is 0. The van der Waals surface area contributed by atoms with Gasteiger partial charge in [-0.2, -0.15) is 0 Å². The van der Waals surface area contributed by atoms with Gasteiger partial charge in [0.25, 0.3) is 0 Å². The molecule has 3 heterocycles. The Hall–Kier alpha value is -6.62. The molecule has 244 valence electrons. The van der Waals surface area contributed by atoms with E-state index in [9.17, 15) is 0 Å². The van der Waals surface area contributed by atoms with Crippen LogP contribution in [0.1, 0.15) is 0 Å². The van der Waals surface area contributed by atoms with Gasteiger partial charge >= 0.3 is 0 Å². The van der Waals surface area contributed by atoms with Crippen LogP contribution in [0.4, 0.5) is 17.1 Å². The third-order valence-electron chi connectivity index (χ3n) is 10.4. The highest BCUT2D eigenvalue weighted by Crippen LogP contribution is 2.44. The van der Waals surface area contributed by atoms with Crippen molar-refractivity contribution in [2.45, 2.75) is 0 Å². The number of thiophene rings is 1. The van der Waals surface area contributed by atoms with E-state index in [2.05, 4.69) is 191 Å². The third-order valence-corrected chi connectivity index (χ3v) is 11.5. The maximum atomic E-state index is 6.69. The summed E-state index contributed by atoms with van der Waals surface area (Å²) in [5.41, 5.74) is 10.9. The van der Waals surface area contributed by atoms with Crippen LogP contribution >= 0.6 is 11.3 Å². The SMILES string of the molecule is c1ccc(N(c2ccc3c(c2)oc2cccc(-c4ccc5c6ccccc6n(-c6ccccc6)c5c4)c23)c2ccc3c(c2)sc2ccccc23)cc1. The highest BCUT2D eigenvalue weighted by molar-refractivity contribution is 7.25. The number of rotatable bonds is 5. The molecule has 0 amide bonds. The number of hydrogen-bond donors (Lipinski definition) is 0. The van der Waals surface area contributed by atoms with Gasteiger partial charge in [-0.25, -0.2) is 0 Å². The fourth-order valence-corrected chi connectivity index (χ4v) is 9.20. The molecule has 11 rings (SSSR count). The summed E-state index contributed by atoms with van der Waals surface area (Å²) in [6, 6.07) is 65.3. The minimum Gasteiger partial charge on any atom is -0.456 e. The Bertz CT molecular complexity index is 3130. The fourth-order valence-electron chi connectivity index (χ4n) is 8.07. The van der Waals surface area contributed by atoms with Crippen LogP contribution in [-0.2, 0) is 0 Å². The lowest BCUT2D eigenvalue weighted by Gasteiger charge is -2.25. The van der Waals surface area contributed by atoms with Crippen molar-refractivity contribution in [2.75, 3.05) is 4.90 Å². The molecule has 52 heavy (non-hydrogen) atoms. The van der Waals surface area contributed by atoms with Gasteiger partial charge in [-0.1, -0.05) is 103 Å². The number of fused-ring (bicyclic) bond motifs is 9. The average Bonchev–Trinajstić information content (AvgIpc) is 3.87. The van der Waals surface area contributed by atoms with E-state index in [-0.39, 0.29) is 0 Å². The summed E-state index contributed by atoms with van der Waals surface area (Å²) >= 11 is 1.84. The Labute approximate surface area is 303 Å². The second-order valence-corrected chi connectivity index (χ2v) is 14.4. The molecule has 0 N–H and O–H groups in total. The number of para-hydroxylation sites is 3. The first-order valence-corrected chi connectivity index (χ1v) is 18.4. The second-order valence-electron chi connectivity index (χ2n) is 13.3. The summed E-state index contributed by atoms with van der Waals surface area (Å²) in [6.45, 7) is 0. The van der Waals surface area contributed by atoms with Crippen molar-refractivity contribution in [3.63, 3.8) is 0 Å². The summed E-state index contributed by atoms with van der Waals surface area (Å²) in [5.74, 6) is 0. The van der Waals surface area contributed by atoms with Crippen molar-refractivity contribution in [3.05, 3.63) is 182 Å². The minimum absolute atomic E-state index is 0.864. The lowest BCUT2D eigenvalue weighted by molar-refractivity contribution is 0.669. The molecule has 0 aliphatic rings. The highest BCUT2D eigenvalue weighted by atomic mass is 32.1. The first-order valence-electron chi connectivity index (χ1n) is 17.6. The van der Waals surface area contributed by atoms with Gasteiger partial charge in [0.05, 0.1) is 11.0 Å². The van der Waals surface area contributed by atoms with E-state index in [1.54, 1.807) is 0 Å². The van der Waals surface area contributed by atoms with Crippen LogP contribution in [-0.4, -0.2) is 4.57 Å². The normalized spacial score (nSPS) is 11.8. The van der Waals surface area contributed by atoms with Crippen molar-refractivity contribution < 1.29 is 4.42 Å². The molecule has 3 nitrogen and oxygen atoms in total. The van der Waals surface area contributed by atoms with Crippen molar-refractivity contribution in [3.8, 4) is 16.8 Å². The molecule has 0 bridgehead atoms. The largest absolute Gasteiger partial charge is 0.456 e. The van der Waals surface area contributed by atoms with E-state index in [4.69, 9.17) is 4.42 Å². The van der Waals surface area contributed by atoms with Crippen molar-refractivity contribution in [1.29, 1.82) is 0 Å². The molecule has 11 aromatic rings. The van der Waals surface area contributed by atoms with Crippen LogP contribution in [0.15, 0.2) is 186 Å². The van der Waals surface area contributed by atoms with Gasteiger partial charge in [0.15, 0.2) is 0 Å². The highest BCUT2D eigenvalue weighted by Gasteiger charge is 2.19. The van der Waals surface area contributed by atoms with Gasteiger partial charge < -0.3 is 13.9 Å². The Morgan fingerprint density at radius 3 is 1.96 bits per heavy atom. The van der Waals surface area contributed by atoms with Crippen LogP contribution in [0.3, 0.4) is 0 Å². The Morgan fingerprint density at radius 2 is 1.10 bits per heavy atom. The zero-order chi connectivity index (χ0) is 34.2. The van der Waals surface area contributed by atoms with E-state index in [0.29, 0.717) is 0 Å². The number of hydrogen-bond acceptors (Lipinski definition) is 3. The van der Waals surface area contributed by atoms with E-state index < -0.39 is 0 Å². The number of anilines is 3. The monoisotopic (exact) mass is 682 g/mol. The van der Waals surface area contributed by atoms with Crippen LogP contribution in [0, 0.1) is 0 Å². The molecule has 0 atom stereocenters. The molecule has 0 aliphatic heterocycles. The van der Waals surface area contributed by atoms with Gasteiger partial charge in [0.2, 0.25) is 0 Å². The van der Waals surface area contributed by atoms with Crippen molar-refractivity contribution in [1.82, 2.24) is 4.57 Å². The zero-order valence-corrected chi connectivity index (χ0v) is 28.8. The first kappa shape index (κ1) is 29.1. The van der Waals surface area contributed by atoms with E-state index >= 15 is 0 Å². The number of nitrogens with zero attached hydrogens (tertiary/aromatic N) is 2. The van der Waals surface area contributed by atoms with Crippen LogP contribution in [0.2, 0.25) is 0 Å². The van der Waals surface area contributed by atoms with Gasteiger partial charge in [0.1, 0.15) is 11.2 Å². The number of aromatic nitrogens is 1. The molecular formula is C48H30N2OS. The van der Waals surface area contributed by atoms with Crippen LogP contribution < -0.4 is 4.90 Å². The molecular weight excluding hydrogens is 653 g/mol. The van der Waals surface area contributed by atoms with Gasteiger partial charge in [0, 0.05) is 70.5 Å². The molecule has 0 radical (unpaired) electrons. The minimum atomic E-state index is 0.864. The van der Waals surface area contributed by atoms with Gasteiger partial charge in [-0.3, -0.25) is 0 Å². The summed E-state index contributed by atoms with van der Waals surface area (Å²) in [5, 5.41) is 7.32. The second kappa shape index (κ2) is 11.5. The molecule has 0 saturated heterocycles. The van der Waals surface area contributed by atoms with E-state index in [1.807, 2.05) is 11.3 Å². The summed E-state index contributed by atoms with van der Waals surface area (Å²) in [7, 11) is 0. The van der Waals surface area contributed by atoms with Crippen molar-refractivity contribution in [2.24, 2.45) is 0 Å². The molecule has 0 unspecified atom stereocenters. The summed E-state index contributed by atoms with van der Waals surface area (Å²) in [6.07, 6.45) is 0. The van der Waals surface area contributed by atoms with E-state index in [0.717, 1.165) is 55.8 Å². The first-order chi connectivity index (χ1) is 25.8. The lowest BCUT2D eigenvalue weighted by atomic mass is 9.98. The van der Waals surface area contributed by atoms with Crippen molar-refractivity contribution >= 4 is 92.3 Å². The Kier molecular flexibility index (Phi) is 6.42. The molecule has 4 heteroatoms. The molecule has 0 spiro atoms. The van der Waals surface area contributed by atoms with Crippen LogP contribution in [0.5, 0.6) is 0 Å². The smallest absolute Gasteiger partial charge is 0.137 e. The predicted molar refractivity (Wildman–Crippen MR) is 221 cm³/mol. The lowest BCUT2D eigenvalue weighted by Crippen LogP contribution is -2.09. The molecule has 0 aliphatic carbocycles. The van der Waals surface area contributed by atoms with Gasteiger partial charge in [-0.15, -0.1) is 11.3 Å². The predicted octanol–water partition coefficient (Wildman–Crippen LogP) is 14.2. The zero-order valence-electron chi connectivity index (χ0n) is 28.0. The standard InChI is InChI=1S/C48H30N2OS/c1-3-12-32(13-4-1)49(35-23-26-40-39-17-8-10-21-46(39)52-47(40)30-35)34-24-27-41-45(29-34)51-44-20-11-18-36(48(41)44)31-22-25-38-37-16-7-9-19-42(37)50(43(38)28-31)33-14-5-2-6-15-33/h1-30H. The Morgan fingerprint density at radius 1 is 0.423 bits per heavy atom. The Balaban J connectivity index is 1.08. The summed E-state index contributed by atoms with van der Waals surface area (Å²) in [4.78, 5) is 2.33. The quantitative estimate of drug-likeness (QED) is 0.180. The van der Waals surface area contributed by atoms with E-state index in [1.165, 1.54) is 42.0 Å². The number of benzene rings is 8. The maximum Gasteiger partial charge on any atom is 0.137 e. The molecule has 8 aromatic carbocycles. The summed E-state index contributed by atoms with van der Waals surface area (Å²) < 4.78 is 11.6. The average molecular weight is 683 g/mol. The maximum absolute atomic E-state index is 6.69. The topological polar surface area (TPSA) is 21.3 Å². The number of furan rings is 1. The van der Waals surface area contributed by atoms with Crippen LogP contribution in [0.25, 0.3) is 80.7 Å². The molecule has 0 fully saturated rings. The van der Waals surface area contributed by atoms with Gasteiger partial charge in [-0.05, 0) is 83.9 Å². The molecule has 3 aromatic heterocycles. The molecule has 0 saturated carbocycles. The third kappa shape index (κ3) is 4.45.